The van der Waals surface area contributed by atoms with Crippen molar-refractivity contribution >= 4 is 16.8 Å². The van der Waals surface area contributed by atoms with Gasteiger partial charge in [0.25, 0.3) is 5.91 Å². The molecule has 25 heavy (non-hydrogen) atoms. The van der Waals surface area contributed by atoms with E-state index in [0.29, 0.717) is 12.2 Å². The van der Waals surface area contributed by atoms with Gasteiger partial charge in [0.15, 0.2) is 0 Å². The zero-order valence-corrected chi connectivity index (χ0v) is 15.8. The quantitative estimate of drug-likeness (QED) is 0.915. The Morgan fingerprint density at radius 3 is 2.80 bits per heavy atom. The third-order valence-corrected chi connectivity index (χ3v) is 4.87. The highest BCUT2D eigenvalue weighted by atomic mass is 16.5. The minimum absolute atomic E-state index is 0.0275. The van der Waals surface area contributed by atoms with Gasteiger partial charge in [-0.2, -0.15) is 0 Å². The number of nitrogens with zero attached hydrogens (tertiary/aromatic N) is 1. The van der Waals surface area contributed by atoms with Gasteiger partial charge >= 0.3 is 0 Å². The number of aromatic nitrogens is 1. The summed E-state index contributed by atoms with van der Waals surface area (Å²) in [5.74, 6) is 0.732. The number of fused-ring (bicyclic) bond motifs is 1. The van der Waals surface area contributed by atoms with Gasteiger partial charge in [0.05, 0.1) is 18.3 Å². The molecule has 1 aromatic carbocycles. The standard InChI is InChI=1S/C20H28N2O3/c1-13(2)22-12-17(16-10-15(24-5)6-7-18(16)22)19(23)21-14-8-9-25-20(3,4)11-14/h6-7,10,12-14H,8-9,11H2,1-5H3,(H,21,23)/t14-/m1/s1. The zero-order chi connectivity index (χ0) is 18.2. The summed E-state index contributed by atoms with van der Waals surface area (Å²) in [6.07, 6.45) is 3.63. The van der Waals surface area contributed by atoms with Gasteiger partial charge in [0.2, 0.25) is 0 Å². The Balaban J connectivity index is 1.92. The zero-order valence-electron chi connectivity index (χ0n) is 15.8. The molecule has 1 saturated heterocycles. The van der Waals surface area contributed by atoms with Crippen molar-refractivity contribution < 1.29 is 14.3 Å². The fourth-order valence-electron chi connectivity index (χ4n) is 3.59. The number of carbonyl (C=O) groups is 1. The molecule has 0 saturated carbocycles. The molecule has 2 aromatic rings. The van der Waals surface area contributed by atoms with Crippen molar-refractivity contribution in [1.29, 1.82) is 0 Å². The maximum atomic E-state index is 13.0. The van der Waals surface area contributed by atoms with E-state index in [1.54, 1.807) is 7.11 Å². The molecule has 5 nitrogen and oxygen atoms in total. The molecular weight excluding hydrogens is 316 g/mol. The number of methoxy groups -OCH3 is 1. The Kier molecular flexibility index (Phi) is 4.78. The van der Waals surface area contributed by atoms with Crippen molar-refractivity contribution in [2.45, 2.75) is 58.2 Å². The van der Waals surface area contributed by atoms with Gasteiger partial charge in [-0.05, 0) is 58.7 Å². The molecule has 5 heteroatoms. The molecule has 0 spiro atoms. The highest BCUT2D eigenvalue weighted by Gasteiger charge is 2.30. The first-order valence-electron chi connectivity index (χ1n) is 8.94. The lowest BCUT2D eigenvalue weighted by atomic mass is 9.94. The highest BCUT2D eigenvalue weighted by Crippen LogP contribution is 2.29. The van der Waals surface area contributed by atoms with Crippen LogP contribution in [0.4, 0.5) is 0 Å². The summed E-state index contributed by atoms with van der Waals surface area (Å²) >= 11 is 0. The van der Waals surface area contributed by atoms with Crippen molar-refractivity contribution in [3.63, 3.8) is 0 Å². The van der Waals surface area contributed by atoms with Gasteiger partial charge in [-0.1, -0.05) is 0 Å². The fourth-order valence-corrected chi connectivity index (χ4v) is 3.59. The predicted octanol–water partition coefficient (Wildman–Crippen LogP) is 3.92. The molecule has 1 aliphatic rings. The first-order chi connectivity index (χ1) is 11.8. The molecule has 0 aliphatic carbocycles. The Morgan fingerprint density at radius 1 is 1.40 bits per heavy atom. The van der Waals surface area contributed by atoms with Crippen LogP contribution < -0.4 is 10.1 Å². The summed E-state index contributed by atoms with van der Waals surface area (Å²) in [6, 6.07) is 6.31. The summed E-state index contributed by atoms with van der Waals surface area (Å²) in [5.41, 5.74) is 1.56. The average molecular weight is 344 g/mol. The number of amides is 1. The minimum atomic E-state index is -0.189. The van der Waals surface area contributed by atoms with Gasteiger partial charge in [0.1, 0.15) is 5.75 Å². The maximum absolute atomic E-state index is 13.0. The normalized spacial score (nSPS) is 20.0. The van der Waals surface area contributed by atoms with E-state index < -0.39 is 0 Å². The summed E-state index contributed by atoms with van der Waals surface area (Å²) in [4.78, 5) is 13.0. The Morgan fingerprint density at radius 2 is 2.16 bits per heavy atom. The SMILES string of the molecule is COc1ccc2c(c1)c(C(=O)N[C@@H]1CCOC(C)(C)C1)cn2C(C)C. The van der Waals surface area contributed by atoms with E-state index in [2.05, 4.69) is 37.6 Å². The molecule has 136 valence electrons. The number of carbonyl (C=O) groups excluding carboxylic acids is 1. The van der Waals surface area contributed by atoms with Crippen molar-refractivity contribution in [2.75, 3.05) is 13.7 Å². The van der Waals surface area contributed by atoms with Crippen LogP contribution in [0.2, 0.25) is 0 Å². The molecule has 0 bridgehead atoms. The van der Waals surface area contributed by atoms with Gasteiger partial charge in [-0.25, -0.2) is 0 Å². The molecule has 1 fully saturated rings. The van der Waals surface area contributed by atoms with Crippen LogP contribution in [0.5, 0.6) is 5.75 Å². The van der Waals surface area contributed by atoms with E-state index in [1.165, 1.54) is 0 Å². The van der Waals surface area contributed by atoms with Gasteiger partial charge in [-0.15, -0.1) is 0 Å². The predicted molar refractivity (Wildman–Crippen MR) is 99.4 cm³/mol. The number of hydrogen-bond acceptors (Lipinski definition) is 3. The molecule has 2 heterocycles. The van der Waals surface area contributed by atoms with Crippen molar-refractivity contribution in [1.82, 2.24) is 9.88 Å². The number of ether oxygens (including phenoxy) is 2. The van der Waals surface area contributed by atoms with Gasteiger partial charge < -0.3 is 19.4 Å². The monoisotopic (exact) mass is 344 g/mol. The van der Waals surface area contributed by atoms with Crippen LogP contribution in [-0.4, -0.2) is 35.8 Å². The highest BCUT2D eigenvalue weighted by molar-refractivity contribution is 6.07. The largest absolute Gasteiger partial charge is 0.497 e. The molecule has 0 unspecified atom stereocenters. The molecule has 1 aliphatic heterocycles. The number of benzene rings is 1. The third kappa shape index (κ3) is 3.66. The first kappa shape index (κ1) is 17.8. The van der Waals surface area contributed by atoms with E-state index in [9.17, 15) is 4.79 Å². The Hall–Kier alpha value is -2.01. The summed E-state index contributed by atoms with van der Waals surface area (Å²) in [6.45, 7) is 9.06. The van der Waals surface area contributed by atoms with Crippen LogP contribution >= 0.6 is 0 Å². The Labute approximate surface area is 149 Å². The smallest absolute Gasteiger partial charge is 0.253 e. The fraction of sp³-hybridized carbons (Fsp3) is 0.550. The molecule has 1 N–H and O–H groups in total. The van der Waals surface area contributed by atoms with Crippen LogP contribution in [-0.2, 0) is 4.74 Å². The van der Waals surface area contributed by atoms with Crippen molar-refractivity contribution in [3.05, 3.63) is 30.0 Å². The van der Waals surface area contributed by atoms with Crippen LogP contribution in [0.15, 0.2) is 24.4 Å². The van der Waals surface area contributed by atoms with Gasteiger partial charge in [0, 0.05) is 35.8 Å². The van der Waals surface area contributed by atoms with E-state index in [1.807, 2.05) is 24.4 Å². The molecule has 1 atom stereocenters. The lowest BCUT2D eigenvalue weighted by molar-refractivity contribution is -0.0615. The van der Waals surface area contributed by atoms with E-state index >= 15 is 0 Å². The van der Waals surface area contributed by atoms with Crippen LogP contribution in [0, 0.1) is 0 Å². The third-order valence-electron chi connectivity index (χ3n) is 4.87. The average Bonchev–Trinajstić information content (AvgIpc) is 2.92. The second kappa shape index (κ2) is 6.71. The first-order valence-corrected chi connectivity index (χ1v) is 8.94. The minimum Gasteiger partial charge on any atom is -0.497 e. The van der Waals surface area contributed by atoms with Crippen LogP contribution in [0.1, 0.15) is 56.9 Å². The van der Waals surface area contributed by atoms with Crippen LogP contribution in [0.25, 0.3) is 10.9 Å². The summed E-state index contributed by atoms with van der Waals surface area (Å²) in [7, 11) is 1.64. The van der Waals surface area contributed by atoms with E-state index in [-0.39, 0.29) is 23.6 Å². The molecule has 1 aromatic heterocycles. The second-order valence-corrected chi connectivity index (χ2v) is 7.70. The molecule has 3 rings (SSSR count). The Bertz CT molecular complexity index is 777. The lowest BCUT2D eigenvalue weighted by Crippen LogP contribution is -2.45. The topological polar surface area (TPSA) is 52.5 Å². The van der Waals surface area contributed by atoms with E-state index in [0.717, 1.165) is 29.5 Å². The second-order valence-electron chi connectivity index (χ2n) is 7.70. The number of rotatable bonds is 4. The van der Waals surface area contributed by atoms with Crippen molar-refractivity contribution in [2.24, 2.45) is 0 Å². The van der Waals surface area contributed by atoms with Gasteiger partial charge in [-0.3, -0.25) is 4.79 Å². The summed E-state index contributed by atoms with van der Waals surface area (Å²) < 4.78 is 13.2. The van der Waals surface area contributed by atoms with E-state index in [4.69, 9.17) is 9.47 Å². The molecule has 0 radical (unpaired) electrons. The maximum Gasteiger partial charge on any atom is 0.253 e. The number of nitrogens with one attached hydrogen (secondary N) is 1. The van der Waals surface area contributed by atoms with Crippen molar-refractivity contribution in [3.8, 4) is 5.75 Å². The molecular formula is C20H28N2O3. The van der Waals surface area contributed by atoms with Crippen LogP contribution in [0.3, 0.4) is 0 Å². The molecule has 1 amide bonds. The number of hydrogen-bond donors (Lipinski definition) is 1. The lowest BCUT2D eigenvalue weighted by Gasteiger charge is -2.35. The summed E-state index contributed by atoms with van der Waals surface area (Å²) in [5, 5.41) is 4.13.